The van der Waals surface area contributed by atoms with Gasteiger partial charge in [-0.15, -0.1) is 0 Å². The molecule has 2 N–H and O–H groups in total. The fourth-order valence-corrected chi connectivity index (χ4v) is 5.11. The van der Waals surface area contributed by atoms with Gasteiger partial charge in [-0.25, -0.2) is 9.78 Å². The molecule has 0 saturated heterocycles. The molecular formula is C28H36ClN5O3. The molecule has 0 unspecified atom stereocenters. The highest BCUT2D eigenvalue weighted by molar-refractivity contribution is 6.33. The highest BCUT2D eigenvalue weighted by atomic mass is 35.5. The fraction of sp³-hybridized carbons (Fsp3) is 0.464. The summed E-state index contributed by atoms with van der Waals surface area (Å²) in [4.78, 5) is 33.0. The number of fused-ring (bicyclic) bond motifs is 1. The number of nitrogens with one attached hydrogen (secondary N) is 1. The maximum Gasteiger partial charge on any atom is 0.408 e. The van der Waals surface area contributed by atoms with Crippen LogP contribution in [0.25, 0.3) is 11.0 Å². The fourth-order valence-electron chi connectivity index (χ4n) is 4.94. The van der Waals surface area contributed by atoms with Crippen molar-refractivity contribution in [2.75, 3.05) is 12.4 Å². The van der Waals surface area contributed by atoms with Crippen LogP contribution in [0.15, 0.2) is 36.4 Å². The molecule has 1 aliphatic carbocycles. The van der Waals surface area contributed by atoms with E-state index < -0.39 is 11.6 Å². The Balaban J connectivity index is 1.57. The van der Waals surface area contributed by atoms with Gasteiger partial charge < -0.3 is 19.9 Å². The molecule has 1 saturated carbocycles. The standard InChI is InChI=1S/C28H36ClN5O3/c1-28(2,3)34(27(36)37)17-18-11-13-21(29)22(15-18)30-26-31-23-16-19(12-14-24(23)33(26)5)25(35)32(4)20-9-7-6-8-10-20/h11-16,20H,6-10,17H2,1-5H3,(H,30,31)(H,36,37). The smallest absolute Gasteiger partial charge is 0.408 e. The highest BCUT2D eigenvalue weighted by Crippen LogP contribution is 2.30. The van der Waals surface area contributed by atoms with Gasteiger partial charge in [0.1, 0.15) is 0 Å². The second-order valence-electron chi connectivity index (χ2n) is 10.9. The Hall–Kier alpha value is -3.26. The number of aryl methyl sites for hydroxylation is 1. The van der Waals surface area contributed by atoms with Crippen LogP contribution in [0.4, 0.5) is 16.4 Å². The molecule has 37 heavy (non-hydrogen) atoms. The van der Waals surface area contributed by atoms with Crippen molar-refractivity contribution < 1.29 is 14.7 Å². The van der Waals surface area contributed by atoms with Crippen molar-refractivity contribution in [3.63, 3.8) is 0 Å². The van der Waals surface area contributed by atoms with Gasteiger partial charge in [-0.1, -0.05) is 36.9 Å². The average Bonchev–Trinajstić information content (AvgIpc) is 3.17. The average molecular weight is 526 g/mol. The molecule has 0 bridgehead atoms. The van der Waals surface area contributed by atoms with E-state index in [0.29, 0.717) is 33.8 Å². The van der Waals surface area contributed by atoms with Crippen molar-refractivity contribution in [1.29, 1.82) is 0 Å². The van der Waals surface area contributed by atoms with Gasteiger partial charge in [-0.3, -0.25) is 9.69 Å². The minimum atomic E-state index is -0.980. The summed E-state index contributed by atoms with van der Waals surface area (Å²) in [5, 5.41) is 13.5. The molecule has 1 aliphatic rings. The summed E-state index contributed by atoms with van der Waals surface area (Å²) < 4.78 is 1.91. The van der Waals surface area contributed by atoms with E-state index in [1.54, 1.807) is 6.07 Å². The largest absolute Gasteiger partial charge is 0.465 e. The Bertz CT molecular complexity index is 1310. The normalized spacial score (nSPS) is 14.5. The summed E-state index contributed by atoms with van der Waals surface area (Å²) in [5.74, 6) is 0.594. The monoisotopic (exact) mass is 525 g/mol. The van der Waals surface area contributed by atoms with Crippen LogP contribution in [-0.4, -0.2) is 55.1 Å². The van der Waals surface area contributed by atoms with Crippen LogP contribution in [0, 0.1) is 0 Å². The minimum absolute atomic E-state index is 0.0199. The number of carboxylic acid groups (broad SMARTS) is 1. The third kappa shape index (κ3) is 5.85. The predicted molar refractivity (Wildman–Crippen MR) is 148 cm³/mol. The molecule has 198 valence electrons. The van der Waals surface area contributed by atoms with E-state index in [4.69, 9.17) is 16.6 Å². The Morgan fingerprint density at radius 3 is 2.49 bits per heavy atom. The number of nitrogens with zero attached hydrogens (tertiary/aromatic N) is 4. The molecule has 8 nitrogen and oxygen atoms in total. The lowest BCUT2D eigenvalue weighted by atomic mass is 9.94. The molecular weight excluding hydrogens is 490 g/mol. The number of carbonyl (C=O) groups excluding carboxylic acids is 1. The maximum absolute atomic E-state index is 13.2. The molecule has 1 heterocycles. The molecule has 1 aromatic heterocycles. The lowest BCUT2D eigenvalue weighted by Gasteiger charge is -2.33. The summed E-state index contributed by atoms with van der Waals surface area (Å²) in [7, 11) is 3.80. The molecule has 0 spiro atoms. The number of benzene rings is 2. The molecule has 0 atom stereocenters. The van der Waals surface area contributed by atoms with Crippen molar-refractivity contribution in [2.24, 2.45) is 7.05 Å². The topological polar surface area (TPSA) is 90.7 Å². The molecule has 2 aromatic carbocycles. The van der Waals surface area contributed by atoms with Crippen molar-refractivity contribution in [3.8, 4) is 0 Å². The van der Waals surface area contributed by atoms with E-state index in [-0.39, 0.29) is 12.5 Å². The van der Waals surface area contributed by atoms with Gasteiger partial charge in [0.2, 0.25) is 5.95 Å². The van der Waals surface area contributed by atoms with Crippen LogP contribution in [0.1, 0.15) is 68.8 Å². The number of imidazole rings is 1. The van der Waals surface area contributed by atoms with E-state index >= 15 is 0 Å². The number of aromatic nitrogens is 2. The molecule has 9 heteroatoms. The van der Waals surface area contributed by atoms with E-state index in [2.05, 4.69) is 5.32 Å². The highest BCUT2D eigenvalue weighted by Gasteiger charge is 2.27. The Kier molecular flexibility index (Phi) is 7.69. The molecule has 3 aromatic rings. The third-order valence-corrected chi connectivity index (χ3v) is 7.56. The molecule has 0 aliphatic heterocycles. The third-order valence-electron chi connectivity index (χ3n) is 7.23. The summed E-state index contributed by atoms with van der Waals surface area (Å²) in [6.07, 6.45) is 4.72. The maximum atomic E-state index is 13.2. The van der Waals surface area contributed by atoms with Crippen LogP contribution in [0.5, 0.6) is 0 Å². The van der Waals surface area contributed by atoms with Gasteiger partial charge in [0.15, 0.2) is 0 Å². The first kappa shape index (κ1) is 26.8. The quantitative estimate of drug-likeness (QED) is 0.376. The zero-order valence-corrected chi connectivity index (χ0v) is 23.0. The van der Waals surface area contributed by atoms with Gasteiger partial charge in [0.25, 0.3) is 5.91 Å². The molecule has 2 amide bonds. The minimum Gasteiger partial charge on any atom is -0.465 e. The van der Waals surface area contributed by atoms with Crippen molar-refractivity contribution in [3.05, 3.63) is 52.5 Å². The predicted octanol–water partition coefficient (Wildman–Crippen LogP) is 6.65. The number of hydrogen-bond donors (Lipinski definition) is 2. The lowest BCUT2D eigenvalue weighted by Crippen LogP contribution is -2.44. The van der Waals surface area contributed by atoms with E-state index in [1.807, 2.05) is 74.7 Å². The van der Waals surface area contributed by atoms with Gasteiger partial charge in [-0.2, -0.15) is 0 Å². The van der Waals surface area contributed by atoms with Gasteiger partial charge >= 0.3 is 6.09 Å². The zero-order valence-electron chi connectivity index (χ0n) is 22.2. The van der Waals surface area contributed by atoms with Crippen LogP contribution >= 0.6 is 11.6 Å². The van der Waals surface area contributed by atoms with Crippen LogP contribution < -0.4 is 5.32 Å². The second-order valence-corrected chi connectivity index (χ2v) is 11.3. The van der Waals surface area contributed by atoms with Gasteiger partial charge in [0, 0.05) is 37.8 Å². The van der Waals surface area contributed by atoms with Crippen molar-refractivity contribution >= 4 is 46.3 Å². The Morgan fingerprint density at radius 2 is 1.84 bits per heavy atom. The number of anilines is 2. The van der Waals surface area contributed by atoms with Crippen LogP contribution in [0.3, 0.4) is 0 Å². The van der Waals surface area contributed by atoms with Crippen LogP contribution in [0.2, 0.25) is 5.02 Å². The number of amides is 2. The second kappa shape index (κ2) is 10.6. The van der Waals surface area contributed by atoms with E-state index in [0.717, 1.165) is 23.9 Å². The van der Waals surface area contributed by atoms with Gasteiger partial charge in [-0.05, 0) is 69.5 Å². The SMILES string of the molecule is CN(C(=O)c1ccc2c(c1)nc(Nc1cc(CN(C(=O)O)C(C)(C)C)ccc1Cl)n2C)C1CCCCC1. The molecule has 0 radical (unpaired) electrons. The van der Waals surface area contributed by atoms with Gasteiger partial charge in [0.05, 0.1) is 21.7 Å². The lowest BCUT2D eigenvalue weighted by molar-refractivity contribution is 0.0696. The Morgan fingerprint density at radius 1 is 1.14 bits per heavy atom. The first-order valence-electron chi connectivity index (χ1n) is 12.8. The summed E-state index contributed by atoms with van der Waals surface area (Å²) >= 11 is 6.48. The van der Waals surface area contributed by atoms with E-state index in [9.17, 15) is 14.7 Å². The molecule has 4 rings (SSSR count). The molecule has 1 fully saturated rings. The van der Waals surface area contributed by atoms with Crippen molar-refractivity contribution in [1.82, 2.24) is 19.4 Å². The van der Waals surface area contributed by atoms with E-state index in [1.165, 1.54) is 24.2 Å². The first-order chi connectivity index (χ1) is 17.5. The van der Waals surface area contributed by atoms with Crippen molar-refractivity contribution in [2.45, 2.75) is 71.0 Å². The summed E-state index contributed by atoms with van der Waals surface area (Å²) in [5.41, 5.74) is 3.12. The number of hydrogen-bond acceptors (Lipinski definition) is 4. The number of carbonyl (C=O) groups is 2. The Labute approximate surface area is 223 Å². The number of rotatable bonds is 6. The first-order valence-corrected chi connectivity index (χ1v) is 13.1. The van der Waals surface area contributed by atoms with Crippen LogP contribution in [-0.2, 0) is 13.6 Å². The zero-order chi connectivity index (χ0) is 26.9. The summed E-state index contributed by atoms with van der Waals surface area (Å²) in [6, 6.07) is 11.3. The summed E-state index contributed by atoms with van der Waals surface area (Å²) in [6.45, 7) is 5.82. The number of halogens is 1.